The van der Waals surface area contributed by atoms with Crippen LogP contribution in [0.2, 0.25) is 0 Å². The summed E-state index contributed by atoms with van der Waals surface area (Å²) in [5.74, 6) is -0.987. The highest BCUT2D eigenvalue weighted by atomic mass is 16.5. The number of nitrogens with two attached hydrogens (primary N) is 1. The van der Waals surface area contributed by atoms with Crippen molar-refractivity contribution in [3.05, 3.63) is 47.8 Å². The average Bonchev–Trinajstić information content (AvgIpc) is 3.14. The molecule has 9 nitrogen and oxygen atoms in total. The van der Waals surface area contributed by atoms with Crippen LogP contribution in [0.15, 0.2) is 30.7 Å². The molecule has 0 saturated carbocycles. The zero-order valence-electron chi connectivity index (χ0n) is 14.0. The second-order valence-electron chi connectivity index (χ2n) is 5.31. The van der Waals surface area contributed by atoms with Crippen LogP contribution in [-0.4, -0.2) is 53.1 Å². The van der Waals surface area contributed by atoms with Crippen molar-refractivity contribution in [3.63, 3.8) is 0 Å². The number of methoxy groups -OCH3 is 1. The van der Waals surface area contributed by atoms with Crippen LogP contribution < -0.4 is 16.4 Å². The third-order valence-electron chi connectivity index (χ3n) is 3.44. The van der Waals surface area contributed by atoms with E-state index in [1.807, 2.05) is 6.07 Å². The second kappa shape index (κ2) is 9.50. The van der Waals surface area contributed by atoms with Crippen LogP contribution in [-0.2, 0) is 22.5 Å². The van der Waals surface area contributed by atoms with Crippen LogP contribution in [0.25, 0.3) is 0 Å². The minimum atomic E-state index is -0.834. The number of nitrogens with one attached hydrogen (secondary N) is 3. The lowest BCUT2D eigenvalue weighted by molar-refractivity contribution is -0.142. The predicted molar refractivity (Wildman–Crippen MR) is 90.6 cm³/mol. The van der Waals surface area contributed by atoms with Crippen molar-refractivity contribution < 1.29 is 14.3 Å². The molecule has 2 aromatic heterocycles. The molecule has 0 aromatic carbocycles. The molecule has 134 valence electrons. The molecule has 9 heteroatoms. The van der Waals surface area contributed by atoms with Crippen LogP contribution in [0.1, 0.15) is 21.9 Å². The van der Waals surface area contributed by atoms with E-state index in [0.29, 0.717) is 31.0 Å². The summed E-state index contributed by atoms with van der Waals surface area (Å²) in [7, 11) is 1.27. The number of carbonyl (C=O) groups is 2. The molecule has 0 fully saturated rings. The summed E-state index contributed by atoms with van der Waals surface area (Å²) in [6, 6.07) is 4.30. The van der Waals surface area contributed by atoms with Gasteiger partial charge in [-0.25, -0.2) is 14.8 Å². The van der Waals surface area contributed by atoms with E-state index in [9.17, 15) is 9.59 Å². The van der Waals surface area contributed by atoms with Crippen molar-refractivity contribution in [2.24, 2.45) is 5.73 Å². The molecule has 0 aliphatic carbocycles. The van der Waals surface area contributed by atoms with Gasteiger partial charge in [-0.15, -0.1) is 0 Å². The number of H-pyrrole nitrogens is 1. The summed E-state index contributed by atoms with van der Waals surface area (Å²) in [5.41, 5.74) is 7.08. The smallest absolute Gasteiger partial charge is 0.328 e. The lowest BCUT2D eigenvalue weighted by Crippen LogP contribution is -2.43. The van der Waals surface area contributed by atoms with Gasteiger partial charge in [0, 0.05) is 37.9 Å². The van der Waals surface area contributed by atoms with Gasteiger partial charge in [-0.3, -0.25) is 4.79 Å². The number of hydrogen-bond acceptors (Lipinski definition) is 7. The topological polar surface area (TPSA) is 135 Å². The van der Waals surface area contributed by atoms with Gasteiger partial charge in [0.25, 0.3) is 5.91 Å². The van der Waals surface area contributed by atoms with E-state index in [4.69, 9.17) is 10.5 Å². The summed E-state index contributed by atoms with van der Waals surface area (Å²) < 4.78 is 4.76. The fraction of sp³-hybridized carbons (Fsp3) is 0.375. The summed E-state index contributed by atoms with van der Waals surface area (Å²) in [6.07, 6.45) is 3.34. The van der Waals surface area contributed by atoms with E-state index in [-0.39, 0.29) is 12.1 Å². The Morgan fingerprint density at radius 1 is 1.40 bits per heavy atom. The third kappa shape index (κ3) is 5.66. The molecule has 0 aliphatic heterocycles. The van der Waals surface area contributed by atoms with Crippen LogP contribution in [0.5, 0.6) is 0 Å². The van der Waals surface area contributed by atoms with Crippen molar-refractivity contribution in [2.45, 2.75) is 19.0 Å². The average molecular weight is 346 g/mol. The molecule has 25 heavy (non-hydrogen) atoms. The summed E-state index contributed by atoms with van der Waals surface area (Å²) >= 11 is 0. The minimum Gasteiger partial charge on any atom is -0.467 e. The SMILES string of the molecule is COC(=O)[C@H](Cc1cnc[nH]1)NC(=O)c1cccc(CNCCN)n1. The van der Waals surface area contributed by atoms with E-state index in [2.05, 4.69) is 25.6 Å². The van der Waals surface area contributed by atoms with Crippen molar-refractivity contribution in [1.29, 1.82) is 0 Å². The van der Waals surface area contributed by atoms with E-state index >= 15 is 0 Å². The van der Waals surface area contributed by atoms with Crippen molar-refractivity contribution in [3.8, 4) is 0 Å². The maximum absolute atomic E-state index is 12.4. The van der Waals surface area contributed by atoms with Crippen molar-refractivity contribution in [1.82, 2.24) is 25.6 Å². The summed E-state index contributed by atoms with van der Waals surface area (Å²) in [4.78, 5) is 35.5. The Hall–Kier alpha value is -2.78. The first-order valence-corrected chi connectivity index (χ1v) is 7.86. The second-order valence-corrected chi connectivity index (χ2v) is 5.31. The van der Waals surface area contributed by atoms with Gasteiger partial charge in [-0.05, 0) is 12.1 Å². The molecule has 5 N–H and O–H groups in total. The number of rotatable bonds is 9. The number of pyridine rings is 1. The molecule has 0 aliphatic rings. The number of imidazole rings is 1. The highest BCUT2D eigenvalue weighted by molar-refractivity contribution is 5.95. The van der Waals surface area contributed by atoms with Crippen molar-refractivity contribution >= 4 is 11.9 Å². The van der Waals surface area contributed by atoms with E-state index in [1.165, 1.54) is 13.4 Å². The van der Waals surface area contributed by atoms with Crippen molar-refractivity contribution in [2.75, 3.05) is 20.2 Å². The fourth-order valence-corrected chi connectivity index (χ4v) is 2.21. The van der Waals surface area contributed by atoms with Gasteiger partial charge in [0.2, 0.25) is 0 Å². The van der Waals surface area contributed by atoms with Crippen LogP contribution in [0, 0.1) is 0 Å². The van der Waals surface area contributed by atoms with E-state index in [1.54, 1.807) is 18.3 Å². The summed E-state index contributed by atoms with van der Waals surface area (Å²) in [6.45, 7) is 1.69. The third-order valence-corrected chi connectivity index (χ3v) is 3.44. The molecule has 0 bridgehead atoms. The number of nitrogens with zero attached hydrogens (tertiary/aromatic N) is 2. The first-order chi connectivity index (χ1) is 12.1. The highest BCUT2D eigenvalue weighted by Gasteiger charge is 2.23. The van der Waals surface area contributed by atoms with Gasteiger partial charge < -0.3 is 26.1 Å². The first-order valence-electron chi connectivity index (χ1n) is 7.86. The Morgan fingerprint density at radius 2 is 2.24 bits per heavy atom. The molecule has 0 unspecified atom stereocenters. The van der Waals surface area contributed by atoms with Crippen LogP contribution >= 0.6 is 0 Å². The van der Waals surface area contributed by atoms with Crippen LogP contribution in [0.3, 0.4) is 0 Å². The Morgan fingerprint density at radius 3 is 2.92 bits per heavy atom. The normalized spacial score (nSPS) is 11.8. The number of amides is 1. The van der Waals surface area contributed by atoms with E-state index < -0.39 is 17.9 Å². The lowest BCUT2D eigenvalue weighted by Gasteiger charge is -2.15. The number of esters is 1. The Labute approximate surface area is 145 Å². The van der Waals surface area contributed by atoms with Gasteiger partial charge in [0.05, 0.1) is 19.1 Å². The van der Waals surface area contributed by atoms with Gasteiger partial charge in [-0.1, -0.05) is 6.07 Å². The monoisotopic (exact) mass is 346 g/mol. The standard InChI is InChI=1S/C16H22N6O3/c1-25-16(24)14(7-12-9-19-10-20-12)22-15(23)13-4-2-3-11(21-13)8-18-6-5-17/h2-4,9-10,14,18H,5-8,17H2,1H3,(H,19,20)(H,22,23)/t14-/m0/s1. The molecule has 0 saturated heterocycles. The minimum absolute atomic E-state index is 0.227. The van der Waals surface area contributed by atoms with Gasteiger partial charge in [0.15, 0.2) is 0 Å². The molecular formula is C16H22N6O3. The maximum Gasteiger partial charge on any atom is 0.328 e. The number of carbonyl (C=O) groups excluding carboxylic acids is 2. The Bertz CT molecular complexity index is 689. The largest absolute Gasteiger partial charge is 0.467 e. The zero-order valence-corrected chi connectivity index (χ0v) is 14.0. The number of hydrogen-bond donors (Lipinski definition) is 4. The quantitative estimate of drug-likeness (QED) is 0.350. The zero-order chi connectivity index (χ0) is 18.1. The maximum atomic E-state index is 12.4. The predicted octanol–water partition coefficient (Wildman–Crippen LogP) is -0.633. The molecule has 0 spiro atoms. The van der Waals surface area contributed by atoms with E-state index in [0.717, 1.165) is 0 Å². The van der Waals surface area contributed by atoms with Crippen LogP contribution in [0.4, 0.5) is 0 Å². The highest BCUT2D eigenvalue weighted by Crippen LogP contribution is 2.04. The lowest BCUT2D eigenvalue weighted by atomic mass is 10.1. The molecular weight excluding hydrogens is 324 g/mol. The van der Waals surface area contributed by atoms with Gasteiger partial charge >= 0.3 is 5.97 Å². The summed E-state index contributed by atoms with van der Waals surface area (Å²) in [5, 5.41) is 5.76. The molecule has 1 amide bonds. The number of ether oxygens (including phenoxy) is 1. The van der Waals surface area contributed by atoms with Gasteiger partial charge in [0.1, 0.15) is 11.7 Å². The fourth-order valence-electron chi connectivity index (χ4n) is 2.21. The van der Waals surface area contributed by atoms with Gasteiger partial charge in [-0.2, -0.15) is 0 Å². The number of aromatic amines is 1. The molecule has 0 radical (unpaired) electrons. The molecule has 1 atom stereocenters. The molecule has 2 heterocycles. The Balaban J connectivity index is 2.04. The molecule has 2 rings (SSSR count). The Kier molecular flexibility index (Phi) is 7.05. The first kappa shape index (κ1) is 18.6. The molecule has 2 aromatic rings. The number of aromatic nitrogens is 3.